The SMILES string of the molecule is COc1cc(C=NNC(=O)c2cc(-c3ccc(F)cc3)nc3ccccc23)ccc1OC(F)F. The average Bonchev–Trinajstić information content (AvgIpc) is 2.84. The summed E-state index contributed by atoms with van der Waals surface area (Å²) in [7, 11) is 1.32. The Bertz CT molecular complexity index is 1360. The minimum Gasteiger partial charge on any atom is -0.493 e. The molecule has 0 aliphatic rings. The number of methoxy groups -OCH3 is 1. The number of benzene rings is 3. The van der Waals surface area contributed by atoms with Gasteiger partial charge in [0.2, 0.25) is 0 Å². The van der Waals surface area contributed by atoms with Crippen molar-refractivity contribution in [2.45, 2.75) is 6.61 Å². The molecule has 0 fully saturated rings. The third kappa shape index (κ3) is 5.15. The van der Waals surface area contributed by atoms with Crippen molar-refractivity contribution in [1.29, 1.82) is 0 Å². The molecule has 1 N–H and O–H groups in total. The Balaban J connectivity index is 1.59. The Morgan fingerprint density at radius 2 is 1.79 bits per heavy atom. The van der Waals surface area contributed by atoms with E-state index in [1.165, 1.54) is 43.7 Å². The first-order valence-electron chi connectivity index (χ1n) is 10.1. The molecule has 0 bridgehead atoms. The average molecular weight is 465 g/mol. The molecular weight excluding hydrogens is 447 g/mol. The number of alkyl halides is 2. The lowest BCUT2D eigenvalue weighted by atomic mass is 10.0. The number of carbonyl (C=O) groups excluding carboxylic acids is 1. The fourth-order valence-electron chi connectivity index (χ4n) is 3.32. The Kier molecular flexibility index (Phi) is 6.72. The number of halogens is 3. The van der Waals surface area contributed by atoms with E-state index in [1.807, 2.05) is 0 Å². The second-order valence-corrected chi connectivity index (χ2v) is 7.07. The largest absolute Gasteiger partial charge is 0.493 e. The normalized spacial score (nSPS) is 11.2. The van der Waals surface area contributed by atoms with Gasteiger partial charge < -0.3 is 9.47 Å². The molecular formula is C25H18F3N3O3. The van der Waals surface area contributed by atoms with Gasteiger partial charge in [0.15, 0.2) is 11.5 Å². The van der Waals surface area contributed by atoms with Crippen LogP contribution in [0.15, 0.2) is 77.9 Å². The molecule has 1 amide bonds. The predicted molar refractivity (Wildman–Crippen MR) is 122 cm³/mol. The molecule has 0 unspecified atom stereocenters. The van der Waals surface area contributed by atoms with Crippen molar-refractivity contribution < 1.29 is 27.4 Å². The number of amides is 1. The fraction of sp³-hybridized carbons (Fsp3) is 0.0800. The number of aromatic nitrogens is 1. The molecule has 172 valence electrons. The minimum atomic E-state index is -2.98. The molecule has 0 atom stereocenters. The number of fused-ring (bicyclic) bond motifs is 1. The fourth-order valence-corrected chi connectivity index (χ4v) is 3.32. The number of para-hydroxylation sites is 1. The maximum Gasteiger partial charge on any atom is 0.387 e. The first-order valence-corrected chi connectivity index (χ1v) is 10.1. The van der Waals surface area contributed by atoms with E-state index in [0.29, 0.717) is 33.3 Å². The third-order valence-corrected chi connectivity index (χ3v) is 4.88. The van der Waals surface area contributed by atoms with Gasteiger partial charge >= 0.3 is 6.61 Å². The third-order valence-electron chi connectivity index (χ3n) is 4.88. The zero-order chi connectivity index (χ0) is 24.1. The highest BCUT2D eigenvalue weighted by atomic mass is 19.3. The molecule has 0 radical (unpaired) electrons. The van der Waals surface area contributed by atoms with E-state index in [4.69, 9.17) is 4.74 Å². The summed E-state index contributed by atoms with van der Waals surface area (Å²) >= 11 is 0. The molecule has 6 nitrogen and oxygen atoms in total. The first-order chi connectivity index (χ1) is 16.4. The van der Waals surface area contributed by atoms with Gasteiger partial charge in [-0.15, -0.1) is 0 Å². The van der Waals surface area contributed by atoms with Gasteiger partial charge in [0.05, 0.1) is 30.1 Å². The summed E-state index contributed by atoms with van der Waals surface area (Å²) in [5.41, 5.74) is 5.04. The van der Waals surface area contributed by atoms with Crippen LogP contribution >= 0.6 is 0 Å². The Labute approximate surface area is 192 Å². The summed E-state index contributed by atoms with van der Waals surface area (Å²) < 4.78 is 47.7. The highest BCUT2D eigenvalue weighted by molar-refractivity contribution is 6.07. The van der Waals surface area contributed by atoms with Crippen LogP contribution in [-0.2, 0) is 0 Å². The monoisotopic (exact) mass is 465 g/mol. The minimum absolute atomic E-state index is 0.0969. The van der Waals surface area contributed by atoms with Gasteiger partial charge in [-0.1, -0.05) is 18.2 Å². The Morgan fingerprint density at radius 1 is 1.03 bits per heavy atom. The lowest BCUT2D eigenvalue weighted by Crippen LogP contribution is -2.18. The number of nitrogens with one attached hydrogen (secondary N) is 1. The van der Waals surface area contributed by atoms with E-state index >= 15 is 0 Å². The number of nitrogens with zero attached hydrogens (tertiary/aromatic N) is 2. The maximum absolute atomic E-state index is 13.3. The van der Waals surface area contributed by atoms with Crippen molar-refractivity contribution in [1.82, 2.24) is 10.4 Å². The smallest absolute Gasteiger partial charge is 0.387 e. The van der Waals surface area contributed by atoms with Crippen LogP contribution in [0, 0.1) is 5.82 Å². The van der Waals surface area contributed by atoms with Crippen LogP contribution in [0.3, 0.4) is 0 Å². The number of pyridine rings is 1. The van der Waals surface area contributed by atoms with E-state index < -0.39 is 12.5 Å². The molecule has 1 heterocycles. The van der Waals surface area contributed by atoms with Gasteiger partial charge in [-0.2, -0.15) is 13.9 Å². The standard InChI is InChI=1S/C25H18F3N3O3/c1-33-23-12-15(6-11-22(23)34-25(27)28)14-29-31-24(32)19-13-21(16-7-9-17(26)10-8-16)30-20-5-3-2-4-18(19)20/h2-14,25H,1H3,(H,31,32). The molecule has 3 aromatic carbocycles. The lowest BCUT2D eigenvalue weighted by molar-refractivity contribution is -0.0512. The molecule has 0 saturated carbocycles. The van der Waals surface area contributed by atoms with Crippen molar-refractivity contribution in [2.24, 2.45) is 5.10 Å². The first kappa shape index (κ1) is 22.8. The van der Waals surface area contributed by atoms with Crippen molar-refractivity contribution in [3.8, 4) is 22.8 Å². The van der Waals surface area contributed by atoms with Crippen molar-refractivity contribution in [3.05, 3.63) is 89.7 Å². The lowest BCUT2D eigenvalue weighted by Gasteiger charge is -2.10. The number of hydrogen-bond donors (Lipinski definition) is 1. The van der Waals surface area contributed by atoms with Crippen LogP contribution in [0.2, 0.25) is 0 Å². The zero-order valence-electron chi connectivity index (χ0n) is 17.8. The van der Waals surface area contributed by atoms with Crippen LogP contribution < -0.4 is 14.9 Å². The van der Waals surface area contributed by atoms with Crippen LogP contribution in [0.1, 0.15) is 15.9 Å². The molecule has 9 heteroatoms. The predicted octanol–water partition coefficient (Wildman–Crippen LogP) is 5.41. The van der Waals surface area contributed by atoms with E-state index in [2.05, 4.69) is 20.2 Å². The van der Waals surface area contributed by atoms with Crippen LogP contribution in [0.25, 0.3) is 22.2 Å². The molecule has 0 saturated heterocycles. The van der Waals surface area contributed by atoms with Crippen LogP contribution in [-0.4, -0.2) is 30.8 Å². The second-order valence-electron chi connectivity index (χ2n) is 7.07. The second kappa shape index (κ2) is 10.0. The van der Waals surface area contributed by atoms with E-state index in [0.717, 1.165) is 0 Å². The van der Waals surface area contributed by atoms with Crippen molar-refractivity contribution in [2.75, 3.05) is 7.11 Å². The van der Waals surface area contributed by atoms with Gasteiger partial charge in [-0.25, -0.2) is 14.8 Å². The van der Waals surface area contributed by atoms with Crippen LogP contribution in [0.5, 0.6) is 11.5 Å². The van der Waals surface area contributed by atoms with E-state index in [1.54, 1.807) is 42.5 Å². The van der Waals surface area contributed by atoms with E-state index in [-0.39, 0.29) is 17.3 Å². The number of hydrazone groups is 1. The molecule has 0 aliphatic carbocycles. The zero-order valence-corrected chi connectivity index (χ0v) is 17.8. The molecule has 4 rings (SSSR count). The number of ether oxygens (including phenoxy) is 2. The summed E-state index contributed by atoms with van der Waals surface area (Å²) in [6.45, 7) is -2.98. The quantitative estimate of drug-likeness (QED) is 0.292. The Morgan fingerprint density at radius 3 is 2.53 bits per heavy atom. The van der Waals surface area contributed by atoms with Gasteiger partial charge in [-0.05, 0) is 60.2 Å². The molecule has 1 aromatic heterocycles. The molecule has 0 spiro atoms. The van der Waals surface area contributed by atoms with Crippen LogP contribution in [0.4, 0.5) is 13.2 Å². The summed E-state index contributed by atoms with van der Waals surface area (Å²) in [4.78, 5) is 17.5. The van der Waals surface area contributed by atoms with Gasteiger partial charge in [-0.3, -0.25) is 4.79 Å². The van der Waals surface area contributed by atoms with E-state index in [9.17, 15) is 18.0 Å². The summed E-state index contributed by atoms with van der Waals surface area (Å²) in [6.07, 6.45) is 1.34. The maximum atomic E-state index is 13.3. The number of hydrogen-bond acceptors (Lipinski definition) is 5. The van der Waals surface area contributed by atoms with Crippen molar-refractivity contribution in [3.63, 3.8) is 0 Å². The highest BCUT2D eigenvalue weighted by Crippen LogP contribution is 2.29. The van der Waals surface area contributed by atoms with Crippen molar-refractivity contribution >= 4 is 23.0 Å². The van der Waals surface area contributed by atoms with Gasteiger partial charge in [0.1, 0.15) is 5.82 Å². The van der Waals surface area contributed by atoms with Gasteiger partial charge in [0, 0.05) is 10.9 Å². The molecule has 0 aliphatic heterocycles. The summed E-state index contributed by atoms with van der Waals surface area (Å²) in [6, 6.07) is 18.8. The molecule has 4 aromatic rings. The number of rotatable bonds is 7. The summed E-state index contributed by atoms with van der Waals surface area (Å²) in [5.74, 6) is -0.875. The van der Waals surface area contributed by atoms with Gasteiger partial charge in [0.25, 0.3) is 5.91 Å². The topological polar surface area (TPSA) is 72.8 Å². The summed E-state index contributed by atoms with van der Waals surface area (Å²) in [5, 5.41) is 4.59. The Hall–Kier alpha value is -4.40. The number of carbonyl (C=O) groups is 1. The molecule has 34 heavy (non-hydrogen) atoms. The highest BCUT2D eigenvalue weighted by Gasteiger charge is 2.14.